The van der Waals surface area contributed by atoms with Crippen molar-refractivity contribution < 1.29 is 14.6 Å². The van der Waals surface area contributed by atoms with E-state index < -0.39 is 5.97 Å². The molecule has 2 atom stereocenters. The van der Waals surface area contributed by atoms with Crippen LogP contribution in [0.4, 0.5) is 0 Å². The van der Waals surface area contributed by atoms with E-state index in [0.717, 1.165) is 57.8 Å². The van der Waals surface area contributed by atoms with Crippen LogP contribution in [0.1, 0.15) is 71.1 Å². The minimum absolute atomic E-state index is 0.293. The molecule has 2 unspecified atom stereocenters. The van der Waals surface area contributed by atoms with Gasteiger partial charge < -0.3 is 9.84 Å². The summed E-state index contributed by atoms with van der Waals surface area (Å²) in [5.41, 5.74) is 0. The number of hydrogen-bond acceptors (Lipinski definition) is 2. The van der Waals surface area contributed by atoms with Crippen LogP contribution in [0.2, 0.25) is 0 Å². The average Bonchev–Trinajstić information content (AvgIpc) is 3.34. The van der Waals surface area contributed by atoms with E-state index in [0.29, 0.717) is 18.6 Å². The predicted molar refractivity (Wildman–Crippen MR) is 105 cm³/mol. The summed E-state index contributed by atoms with van der Waals surface area (Å²) in [6.07, 6.45) is 27.8. The third kappa shape index (κ3) is 13.4. The highest BCUT2D eigenvalue weighted by Gasteiger charge is 2.34. The lowest BCUT2D eigenvalue weighted by Gasteiger charge is -1.94. The summed E-state index contributed by atoms with van der Waals surface area (Å²) >= 11 is 0. The molecule has 0 radical (unpaired) electrons. The maximum atomic E-state index is 10.4. The van der Waals surface area contributed by atoms with E-state index in [1.165, 1.54) is 0 Å². The van der Waals surface area contributed by atoms with Gasteiger partial charge in [0.1, 0.15) is 6.10 Å². The van der Waals surface area contributed by atoms with Crippen LogP contribution in [0, 0.1) is 0 Å². The summed E-state index contributed by atoms with van der Waals surface area (Å²) in [5.74, 6) is -0.692. The molecule has 1 aliphatic rings. The third-order valence-electron chi connectivity index (χ3n) is 4.09. The molecule has 0 aliphatic carbocycles. The van der Waals surface area contributed by atoms with Crippen molar-refractivity contribution in [3.8, 4) is 0 Å². The monoisotopic (exact) mass is 346 g/mol. The summed E-state index contributed by atoms with van der Waals surface area (Å²) in [7, 11) is 0. The SMILES string of the molecule is CC/C=C\CC/C=C\C1OC1C/C=C/C/C=C/CCCCCC(=O)O. The average molecular weight is 347 g/mol. The van der Waals surface area contributed by atoms with E-state index in [1.54, 1.807) is 0 Å². The van der Waals surface area contributed by atoms with Gasteiger partial charge in [0.25, 0.3) is 0 Å². The van der Waals surface area contributed by atoms with Crippen LogP contribution in [0.25, 0.3) is 0 Å². The van der Waals surface area contributed by atoms with Crippen LogP contribution in [-0.2, 0) is 9.53 Å². The van der Waals surface area contributed by atoms with Crippen molar-refractivity contribution in [1.29, 1.82) is 0 Å². The van der Waals surface area contributed by atoms with E-state index in [1.807, 2.05) is 0 Å². The number of epoxide rings is 1. The molecule has 1 aliphatic heterocycles. The maximum absolute atomic E-state index is 10.4. The van der Waals surface area contributed by atoms with Gasteiger partial charge in [-0.15, -0.1) is 0 Å². The van der Waals surface area contributed by atoms with E-state index in [4.69, 9.17) is 9.84 Å². The van der Waals surface area contributed by atoms with Crippen molar-refractivity contribution >= 4 is 5.97 Å². The Labute approximate surface area is 153 Å². The molecule has 0 aromatic heterocycles. The van der Waals surface area contributed by atoms with Crippen molar-refractivity contribution in [2.75, 3.05) is 0 Å². The second kappa shape index (κ2) is 14.7. The smallest absolute Gasteiger partial charge is 0.303 e. The Balaban J connectivity index is 1.92. The van der Waals surface area contributed by atoms with Gasteiger partial charge in [-0.2, -0.15) is 0 Å². The first-order valence-electron chi connectivity index (χ1n) is 9.73. The molecule has 1 fully saturated rings. The van der Waals surface area contributed by atoms with E-state index in [2.05, 4.69) is 55.5 Å². The maximum Gasteiger partial charge on any atom is 0.303 e. The molecule has 0 amide bonds. The number of carboxylic acid groups (broad SMARTS) is 1. The van der Waals surface area contributed by atoms with Crippen molar-refractivity contribution in [2.45, 2.75) is 83.3 Å². The van der Waals surface area contributed by atoms with Gasteiger partial charge in [-0.1, -0.05) is 62.0 Å². The topological polar surface area (TPSA) is 49.8 Å². The highest BCUT2D eigenvalue weighted by atomic mass is 16.6. The Morgan fingerprint density at radius 2 is 1.68 bits per heavy atom. The van der Waals surface area contributed by atoms with Gasteiger partial charge in [-0.05, 0) is 51.4 Å². The van der Waals surface area contributed by atoms with Crippen LogP contribution < -0.4 is 0 Å². The highest BCUT2D eigenvalue weighted by Crippen LogP contribution is 2.27. The number of ether oxygens (including phenoxy) is 1. The van der Waals surface area contributed by atoms with Crippen LogP contribution in [0.3, 0.4) is 0 Å². The first-order chi connectivity index (χ1) is 12.2. The Bertz CT molecular complexity index is 460. The van der Waals surface area contributed by atoms with Gasteiger partial charge in [-0.3, -0.25) is 4.79 Å². The summed E-state index contributed by atoms with van der Waals surface area (Å²) in [6, 6.07) is 0. The number of aliphatic carboxylic acids is 1. The molecule has 0 aromatic carbocycles. The predicted octanol–water partition coefficient (Wildman–Crippen LogP) is 5.98. The van der Waals surface area contributed by atoms with Gasteiger partial charge in [-0.25, -0.2) is 0 Å². The van der Waals surface area contributed by atoms with Crippen LogP contribution in [-0.4, -0.2) is 23.3 Å². The molecule has 3 heteroatoms. The summed E-state index contributed by atoms with van der Waals surface area (Å²) in [4.78, 5) is 10.4. The zero-order chi connectivity index (χ0) is 18.2. The molecule has 0 bridgehead atoms. The largest absolute Gasteiger partial charge is 0.481 e. The highest BCUT2D eigenvalue weighted by molar-refractivity contribution is 5.66. The van der Waals surface area contributed by atoms with E-state index in [9.17, 15) is 4.79 Å². The summed E-state index contributed by atoms with van der Waals surface area (Å²) < 4.78 is 5.63. The first-order valence-corrected chi connectivity index (χ1v) is 9.73. The standard InChI is InChI=1S/C22H34O3/c1-2-3-4-5-11-14-17-20-21(25-20)18-15-12-9-7-6-8-10-13-16-19-22(23)24/h3-4,6-7,12,14-15,17,20-21H,2,5,8-11,13,16,18-19H2,1H3,(H,23,24)/b4-3-,7-6+,15-12+,17-14-. The second-order valence-corrected chi connectivity index (χ2v) is 6.43. The second-order valence-electron chi connectivity index (χ2n) is 6.43. The minimum atomic E-state index is -0.692. The lowest BCUT2D eigenvalue weighted by molar-refractivity contribution is -0.137. The molecule has 1 rings (SSSR count). The van der Waals surface area contributed by atoms with Crippen molar-refractivity contribution in [3.63, 3.8) is 0 Å². The lowest BCUT2D eigenvalue weighted by Crippen LogP contribution is -1.93. The van der Waals surface area contributed by atoms with Gasteiger partial charge in [0, 0.05) is 6.42 Å². The van der Waals surface area contributed by atoms with Crippen molar-refractivity contribution in [3.05, 3.63) is 48.6 Å². The first kappa shape index (κ1) is 21.4. The molecule has 3 nitrogen and oxygen atoms in total. The summed E-state index contributed by atoms with van der Waals surface area (Å²) in [5, 5.41) is 8.54. The molecule has 1 N–H and O–H groups in total. The van der Waals surface area contributed by atoms with Gasteiger partial charge >= 0.3 is 5.97 Å². The fourth-order valence-corrected chi connectivity index (χ4v) is 2.56. The normalized spacial score (nSPS) is 20.5. The third-order valence-corrected chi connectivity index (χ3v) is 4.09. The van der Waals surface area contributed by atoms with Crippen molar-refractivity contribution in [2.24, 2.45) is 0 Å². The molecule has 140 valence electrons. The number of carbonyl (C=O) groups is 1. The Kier molecular flexibility index (Phi) is 12.6. The lowest BCUT2D eigenvalue weighted by atomic mass is 10.1. The Morgan fingerprint density at radius 3 is 2.48 bits per heavy atom. The number of hydrogen-bond donors (Lipinski definition) is 1. The fourth-order valence-electron chi connectivity index (χ4n) is 2.56. The van der Waals surface area contributed by atoms with Gasteiger partial charge in [0.2, 0.25) is 0 Å². The van der Waals surface area contributed by atoms with E-state index in [-0.39, 0.29) is 0 Å². The number of unbranched alkanes of at least 4 members (excludes halogenated alkanes) is 4. The minimum Gasteiger partial charge on any atom is -0.481 e. The molecular weight excluding hydrogens is 312 g/mol. The molecule has 0 spiro atoms. The zero-order valence-corrected chi connectivity index (χ0v) is 15.6. The molecule has 1 saturated heterocycles. The van der Waals surface area contributed by atoms with E-state index >= 15 is 0 Å². The van der Waals surface area contributed by atoms with Gasteiger partial charge in [0.05, 0.1) is 6.10 Å². The zero-order valence-electron chi connectivity index (χ0n) is 15.6. The van der Waals surface area contributed by atoms with Crippen LogP contribution >= 0.6 is 0 Å². The summed E-state index contributed by atoms with van der Waals surface area (Å²) in [6.45, 7) is 2.16. The molecular formula is C22H34O3. The Morgan fingerprint density at radius 1 is 0.920 bits per heavy atom. The quantitative estimate of drug-likeness (QED) is 0.225. The molecule has 0 saturated carbocycles. The van der Waals surface area contributed by atoms with Crippen LogP contribution in [0.5, 0.6) is 0 Å². The fraction of sp³-hybridized carbons (Fsp3) is 0.591. The molecule has 0 aromatic rings. The molecule has 25 heavy (non-hydrogen) atoms. The number of rotatable bonds is 15. The Hall–Kier alpha value is -1.61. The van der Waals surface area contributed by atoms with Crippen LogP contribution in [0.15, 0.2) is 48.6 Å². The number of allylic oxidation sites excluding steroid dienone is 6. The van der Waals surface area contributed by atoms with Crippen molar-refractivity contribution in [1.82, 2.24) is 0 Å². The van der Waals surface area contributed by atoms with Gasteiger partial charge in [0.15, 0.2) is 0 Å². The number of carboxylic acids is 1. The molecule has 1 heterocycles.